The molecule has 0 saturated carbocycles. The van der Waals surface area contributed by atoms with Crippen LogP contribution in [0, 0.1) is 5.82 Å². The third-order valence-corrected chi connectivity index (χ3v) is 6.00. The molecule has 32 heavy (non-hydrogen) atoms. The van der Waals surface area contributed by atoms with Crippen molar-refractivity contribution in [3.05, 3.63) is 58.9 Å². The molecule has 0 unspecified atom stereocenters. The highest BCUT2D eigenvalue weighted by molar-refractivity contribution is 8.00. The Balaban J connectivity index is 1.63. The Hall–Kier alpha value is -2.59. The van der Waals surface area contributed by atoms with E-state index in [0.717, 1.165) is 23.9 Å². The maximum atomic E-state index is 14.0. The van der Waals surface area contributed by atoms with Crippen LogP contribution in [0.4, 0.5) is 23.2 Å². The van der Waals surface area contributed by atoms with E-state index in [9.17, 15) is 27.2 Å². The molecule has 1 aliphatic rings. The minimum absolute atomic E-state index is 0.0511. The SMILES string of the molecule is CC(=O)c1ccc(SCC(=O)NCc2ccc(N3CCOCC3)cc2C(F)(F)F)c(F)c1. The van der Waals surface area contributed by atoms with Crippen molar-refractivity contribution in [1.29, 1.82) is 0 Å². The van der Waals surface area contributed by atoms with Gasteiger partial charge in [-0.1, -0.05) is 12.1 Å². The summed E-state index contributed by atoms with van der Waals surface area (Å²) in [6.45, 7) is 2.94. The van der Waals surface area contributed by atoms with Crippen molar-refractivity contribution in [3.63, 3.8) is 0 Å². The van der Waals surface area contributed by atoms with Crippen LogP contribution in [0.5, 0.6) is 0 Å². The van der Waals surface area contributed by atoms with E-state index in [1.807, 2.05) is 4.90 Å². The number of Topliss-reactive ketones (excluding diaryl/α,β-unsaturated/α-hetero) is 1. The van der Waals surface area contributed by atoms with Gasteiger partial charge < -0.3 is 15.0 Å². The number of nitrogens with one attached hydrogen (secondary N) is 1. The molecule has 0 spiro atoms. The van der Waals surface area contributed by atoms with Gasteiger partial charge in [-0.2, -0.15) is 13.2 Å². The molecule has 1 amide bonds. The summed E-state index contributed by atoms with van der Waals surface area (Å²) in [4.78, 5) is 25.4. The number of hydrogen-bond acceptors (Lipinski definition) is 5. The van der Waals surface area contributed by atoms with E-state index < -0.39 is 23.5 Å². The molecule has 1 fully saturated rings. The number of halogens is 4. The van der Waals surface area contributed by atoms with Gasteiger partial charge in [-0.05, 0) is 36.8 Å². The van der Waals surface area contributed by atoms with E-state index in [2.05, 4.69) is 5.32 Å². The van der Waals surface area contributed by atoms with Crippen molar-refractivity contribution in [2.24, 2.45) is 0 Å². The average molecular weight is 470 g/mol. The van der Waals surface area contributed by atoms with Crippen LogP contribution in [-0.2, 0) is 22.3 Å². The van der Waals surface area contributed by atoms with Crippen molar-refractivity contribution < 1.29 is 31.9 Å². The number of nitrogens with zero attached hydrogens (tertiary/aromatic N) is 1. The molecule has 172 valence electrons. The van der Waals surface area contributed by atoms with E-state index in [0.29, 0.717) is 32.0 Å². The Kier molecular flexibility index (Phi) is 7.78. The van der Waals surface area contributed by atoms with E-state index in [1.54, 1.807) is 6.07 Å². The number of morpholine rings is 1. The summed E-state index contributed by atoms with van der Waals surface area (Å²) in [5.74, 6) is -1.62. The van der Waals surface area contributed by atoms with Gasteiger partial charge in [0, 0.05) is 35.8 Å². The molecular formula is C22H22F4N2O3S. The van der Waals surface area contributed by atoms with Gasteiger partial charge in [0.05, 0.1) is 24.5 Å². The van der Waals surface area contributed by atoms with Crippen LogP contribution in [-0.4, -0.2) is 43.7 Å². The summed E-state index contributed by atoms with van der Waals surface area (Å²) in [5.41, 5.74) is -0.183. The first-order valence-corrected chi connectivity index (χ1v) is 10.9. The average Bonchev–Trinajstić information content (AvgIpc) is 2.76. The van der Waals surface area contributed by atoms with Crippen LogP contribution in [0.1, 0.15) is 28.4 Å². The molecule has 3 rings (SSSR count). The van der Waals surface area contributed by atoms with Crippen molar-refractivity contribution in [2.75, 3.05) is 37.0 Å². The molecule has 0 bridgehead atoms. The molecule has 0 aliphatic carbocycles. The monoisotopic (exact) mass is 470 g/mol. The summed E-state index contributed by atoms with van der Waals surface area (Å²) < 4.78 is 60.1. The first-order chi connectivity index (χ1) is 15.1. The Labute approximate surface area is 187 Å². The number of anilines is 1. The van der Waals surface area contributed by atoms with Crippen molar-refractivity contribution in [2.45, 2.75) is 24.5 Å². The summed E-state index contributed by atoms with van der Waals surface area (Å²) in [6.07, 6.45) is -4.57. The Bertz CT molecular complexity index is 992. The largest absolute Gasteiger partial charge is 0.416 e. The van der Waals surface area contributed by atoms with Crippen molar-refractivity contribution in [1.82, 2.24) is 5.32 Å². The second kappa shape index (κ2) is 10.4. The summed E-state index contributed by atoms with van der Waals surface area (Å²) >= 11 is 0.903. The van der Waals surface area contributed by atoms with Gasteiger partial charge in [0.25, 0.3) is 0 Å². The molecule has 5 nitrogen and oxygen atoms in total. The van der Waals surface area contributed by atoms with Gasteiger partial charge in [-0.15, -0.1) is 11.8 Å². The second-order valence-electron chi connectivity index (χ2n) is 7.21. The lowest BCUT2D eigenvalue weighted by molar-refractivity contribution is -0.138. The molecule has 0 aromatic heterocycles. The fourth-order valence-electron chi connectivity index (χ4n) is 3.23. The Morgan fingerprint density at radius 3 is 2.47 bits per heavy atom. The van der Waals surface area contributed by atoms with E-state index in [-0.39, 0.29) is 34.1 Å². The van der Waals surface area contributed by atoms with E-state index >= 15 is 0 Å². The van der Waals surface area contributed by atoms with Crippen LogP contribution in [0.25, 0.3) is 0 Å². The van der Waals surface area contributed by atoms with Gasteiger partial charge in [0.2, 0.25) is 5.91 Å². The number of amides is 1. The molecule has 0 radical (unpaired) electrons. The van der Waals surface area contributed by atoms with Crippen LogP contribution in [0.15, 0.2) is 41.3 Å². The molecule has 2 aromatic rings. The normalized spacial score (nSPS) is 14.3. The van der Waals surface area contributed by atoms with Gasteiger partial charge in [0.15, 0.2) is 5.78 Å². The zero-order valence-corrected chi connectivity index (χ0v) is 18.1. The zero-order valence-electron chi connectivity index (χ0n) is 17.3. The highest BCUT2D eigenvalue weighted by Gasteiger charge is 2.34. The number of thioether (sulfide) groups is 1. The van der Waals surface area contributed by atoms with Crippen LogP contribution < -0.4 is 10.2 Å². The Morgan fingerprint density at radius 2 is 1.84 bits per heavy atom. The molecule has 1 N–H and O–H groups in total. The Morgan fingerprint density at radius 1 is 1.12 bits per heavy atom. The standard InChI is InChI=1S/C22H22F4N2O3S/c1-14(29)15-3-5-20(19(23)10-15)32-13-21(30)27-12-16-2-4-17(11-18(16)22(24,25)26)28-6-8-31-9-7-28/h2-5,10-11H,6-9,12-13H2,1H3,(H,27,30). The number of rotatable bonds is 7. The number of ketones is 1. The second-order valence-corrected chi connectivity index (χ2v) is 8.22. The maximum absolute atomic E-state index is 14.0. The smallest absolute Gasteiger partial charge is 0.378 e. The molecule has 1 heterocycles. The third-order valence-electron chi connectivity index (χ3n) is 4.95. The lowest BCUT2D eigenvalue weighted by Gasteiger charge is -2.29. The minimum atomic E-state index is -4.57. The third kappa shape index (κ3) is 6.23. The molecule has 2 aromatic carbocycles. The fourth-order valence-corrected chi connectivity index (χ4v) is 3.98. The number of ether oxygens (including phenoxy) is 1. The molecular weight excluding hydrogens is 448 g/mol. The van der Waals surface area contributed by atoms with Crippen LogP contribution in [0.2, 0.25) is 0 Å². The number of alkyl halides is 3. The van der Waals surface area contributed by atoms with Crippen molar-refractivity contribution >= 4 is 29.1 Å². The predicted molar refractivity (Wildman–Crippen MR) is 113 cm³/mol. The highest BCUT2D eigenvalue weighted by Crippen LogP contribution is 2.35. The number of carbonyl (C=O) groups is 2. The van der Waals surface area contributed by atoms with Gasteiger partial charge in [-0.3, -0.25) is 9.59 Å². The first-order valence-electron chi connectivity index (χ1n) is 9.88. The number of hydrogen-bond donors (Lipinski definition) is 1. The number of benzene rings is 2. The predicted octanol–water partition coefficient (Wildman–Crippen LogP) is 4.29. The minimum Gasteiger partial charge on any atom is -0.378 e. The zero-order chi connectivity index (χ0) is 23.3. The van der Waals surface area contributed by atoms with Crippen molar-refractivity contribution in [3.8, 4) is 0 Å². The van der Waals surface area contributed by atoms with Crippen LogP contribution in [0.3, 0.4) is 0 Å². The quantitative estimate of drug-likeness (QED) is 0.372. The molecule has 0 atom stereocenters. The lowest BCUT2D eigenvalue weighted by atomic mass is 10.0. The van der Waals surface area contributed by atoms with Gasteiger partial charge >= 0.3 is 6.18 Å². The molecule has 10 heteroatoms. The maximum Gasteiger partial charge on any atom is 0.416 e. The topological polar surface area (TPSA) is 58.6 Å². The first kappa shape index (κ1) is 24.1. The molecule has 1 saturated heterocycles. The van der Waals surface area contributed by atoms with Crippen LogP contribution >= 0.6 is 11.8 Å². The summed E-state index contributed by atoms with van der Waals surface area (Å²) in [5, 5.41) is 2.46. The van der Waals surface area contributed by atoms with Gasteiger partial charge in [0.1, 0.15) is 5.82 Å². The number of carbonyl (C=O) groups excluding carboxylic acids is 2. The van der Waals surface area contributed by atoms with E-state index in [1.165, 1.54) is 25.1 Å². The summed E-state index contributed by atoms with van der Waals surface area (Å²) in [6, 6.07) is 8.00. The molecule has 1 aliphatic heterocycles. The lowest BCUT2D eigenvalue weighted by Crippen LogP contribution is -2.36. The fraction of sp³-hybridized carbons (Fsp3) is 0.364. The highest BCUT2D eigenvalue weighted by atomic mass is 32.2. The summed E-state index contributed by atoms with van der Waals surface area (Å²) in [7, 11) is 0. The van der Waals surface area contributed by atoms with E-state index in [4.69, 9.17) is 4.74 Å². The van der Waals surface area contributed by atoms with Gasteiger partial charge in [-0.25, -0.2) is 4.39 Å².